The predicted octanol–water partition coefficient (Wildman–Crippen LogP) is 2.45. The van der Waals surface area contributed by atoms with Gasteiger partial charge in [-0.1, -0.05) is 20.3 Å². The topological polar surface area (TPSA) is 61.7 Å². The number of imidazole rings is 1. The smallest absolute Gasteiger partial charge is 0.203 e. The number of aromatic nitrogens is 4. The zero-order valence-electron chi connectivity index (χ0n) is 12.0. The van der Waals surface area contributed by atoms with Crippen LogP contribution in [0, 0.1) is 0 Å². The number of hydrogen-bond donors (Lipinski definition) is 1. The molecular formula is C13H23N5. The molecule has 2 rings (SSSR count). The normalized spacial score (nSPS) is 12.5. The Balaban J connectivity index is 2.71. The van der Waals surface area contributed by atoms with E-state index in [1.807, 2.05) is 11.7 Å². The van der Waals surface area contributed by atoms with Gasteiger partial charge in [0.25, 0.3) is 0 Å². The molecule has 2 N–H and O–H groups in total. The Morgan fingerprint density at radius 2 is 1.94 bits per heavy atom. The van der Waals surface area contributed by atoms with Gasteiger partial charge in [-0.3, -0.25) is 9.25 Å². The summed E-state index contributed by atoms with van der Waals surface area (Å²) in [7, 11) is 1.96. The molecule has 0 amide bonds. The Kier molecular flexibility index (Phi) is 3.09. The first kappa shape index (κ1) is 12.9. The van der Waals surface area contributed by atoms with Crippen LogP contribution in [0.1, 0.15) is 46.2 Å². The van der Waals surface area contributed by atoms with E-state index in [2.05, 4.69) is 42.3 Å². The third-order valence-electron chi connectivity index (χ3n) is 3.53. The Labute approximate surface area is 108 Å². The molecule has 5 heteroatoms. The summed E-state index contributed by atoms with van der Waals surface area (Å²) in [6.45, 7) is 8.68. The number of aryl methyl sites for hydroxylation is 2. The van der Waals surface area contributed by atoms with Crippen LogP contribution in [-0.2, 0) is 19.0 Å². The van der Waals surface area contributed by atoms with Crippen molar-refractivity contribution in [3.05, 3.63) is 5.69 Å². The Bertz CT molecular complexity index is 561. The molecule has 100 valence electrons. The molecule has 0 aliphatic heterocycles. The van der Waals surface area contributed by atoms with Gasteiger partial charge in [-0.15, -0.1) is 0 Å². The molecule has 0 atom stereocenters. The molecule has 0 radical (unpaired) electrons. The van der Waals surface area contributed by atoms with Crippen molar-refractivity contribution in [3.8, 4) is 0 Å². The van der Waals surface area contributed by atoms with Crippen LogP contribution in [0.3, 0.4) is 0 Å². The maximum absolute atomic E-state index is 6.12. The van der Waals surface area contributed by atoms with E-state index in [0.717, 1.165) is 36.1 Å². The zero-order valence-corrected chi connectivity index (χ0v) is 12.0. The van der Waals surface area contributed by atoms with E-state index in [0.29, 0.717) is 5.95 Å². The number of nitrogen functional groups attached to an aromatic ring is 1. The average Bonchev–Trinajstić information content (AvgIpc) is 2.76. The maximum atomic E-state index is 6.12. The summed E-state index contributed by atoms with van der Waals surface area (Å²) in [5.41, 5.74) is 9.08. The van der Waals surface area contributed by atoms with Crippen LogP contribution < -0.4 is 5.73 Å². The fourth-order valence-corrected chi connectivity index (χ4v) is 2.75. The highest BCUT2D eigenvalue weighted by atomic mass is 15.4. The van der Waals surface area contributed by atoms with Gasteiger partial charge in [0.1, 0.15) is 5.52 Å². The first-order valence-corrected chi connectivity index (χ1v) is 6.62. The van der Waals surface area contributed by atoms with Gasteiger partial charge < -0.3 is 5.73 Å². The predicted molar refractivity (Wildman–Crippen MR) is 74.5 cm³/mol. The number of nitrogens with two attached hydrogens (primary N) is 1. The quantitative estimate of drug-likeness (QED) is 0.905. The molecule has 18 heavy (non-hydrogen) atoms. The van der Waals surface area contributed by atoms with Crippen molar-refractivity contribution < 1.29 is 0 Å². The van der Waals surface area contributed by atoms with Crippen LogP contribution >= 0.6 is 0 Å². The molecule has 0 spiro atoms. The van der Waals surface area contributed by atoms with E-state index in [-0.39, 0.29) is 5.54 Å². The lowest BCUT2D eigenvalue weighted by molar-refractivity contribution is 0.333. The van der Waals surface area contributed by atoms with E-state index in [4.69, 9.17) is 5.73 Å². The van der Waals surface area contributed by atoms with Crippen LogP contribution in [0.5, 0.6) is 0 Å². The number of nitrogens with zero attached hydrogens (tertiary/aromatic N) is 4. The summed E-state index contributed by atoms with van der Waals surface area (Å²) < 4.78 is 4.02. The summed E-state index contributed by atoms with van der Waals surface area (Å²) in [6, 6.07) is 0. The Morgan fingerprint density at radius 1 is 1.28 bits per heavy atom. The first-order valence-electron chi connectivity index (χ1n) is 6.62. The zero-order chi connectivity index (χ0) is 13.5. The van der Waals surface area contributed by atoms with E-state index in [9.17, 15) is 0 Å². The molecule has 5 nitrogen and oxygen atoms in total. The van der Waals surface area contributed by atoms with Gasteiger partial charge >= 0.3 is 0 Å². The van der Waals surface area contributed by atoms with Gasteiger partial charge in [0.05, 0.1) is 5.69 Å². The molecule has 2 aromatic heterocycles. The molecule has 0 aliphatic rings. The van der Waals surface area contributed by atoms with Crippen molar-refractivity contribution in [2.45, 2.75) is 52.5 Å². The average molecular weight is 249 g/mol. The lowest BCUT2D eigenvalue weighted by atomic mass is 9.98. The summed E-state index contributed by atoms with van der Waals surface area (Å²) in [5.74, 6) is 0.589. The monoisotopic (exact) mass is 249 g/mol. The fraction of sp³-hybridized carbons (Fsp3) is 0.692. The van der Waals surface area contributed by atoms with Crippen molar-refractivity contribution in [1.29, 1.82) is 0 Å². The molecule has 0 aromatic carbocycles. The fourth-order valence-electron chi connectivity index (χ4n) is 2.75. The third kappa shape index (κ3) is 1.78. The van der Waals surface area contributed by atoms with Gasteiger partial charge in [0.2, 0.25) is 5.95 Å². The van der Waals surface area contributed by atoms with Gasteiger partial charge in [-0.2, -0.15) is 5.10 Å². The molecule has 0 bridgehead atoms. The standard InChI is InChI=1S/C13H23N5/c1-6-8-13(3,4)18-11-10(15-12(18)14)9(7-2)16-17(11)5/h6-8H2,1-5H3,(H2,14,15). The number of anilines is 1. The summed E-state index contributed by atoms with van der Waals surface area (Å²) in [4.78, 5) is 4.51. The van der Waals surface area contributed by atoms with E-state index in [1.54, 1.807) is 0 Å². The van der Waals surface area contributed by atoms with Crippen LogP contribution in [-0.4, -0.2) is 19.3 Å². The van der Waals surface area contributed by atoms with Gasteiger partial charge in [-0.25, -0.2) is 4.98 Å². The molecular weight excluding hydrogens is 226 g/mol. The minimum Gasteiger partial charge on any atom is -0.369 e. The minimum absolute atomic E-state index is 0.0353. The van der Waals surface area contributed by atoms with Crippen molar-refractivity contribution in [1.82, 2.24) is 19.3 Å². The Morgan fingerprint density at radius 3 is 2.50 bits per heavy atom. The number of rotatable bonds is 4. The third-order valence-corrected chi connectivity index (χ3v) is 3.53. The second-order valence-corrected chi connectivity index (χ2v) is 5.46. The summed E-state index contributed by atoms with van der Waals surface area (Å²) in [5, 5.41) is 4.52. The number of hydrogen-bond acceptors (Lipinski definition) is 3. The summed E-state index contributed by atoms with van der Waals surface area (Å²) >= 11 is 0. The lowest BCUT2D eigenvalue weighted by Crippen LogP contribution is -2.28. The van der Waals surface area contributed by atoms with Crippen LogP contribution in [0.15, 0.2) is 0 Å². The molecule has 2 heterocycles. The highest BCUT2D eigenvalue weighted by Gasteiger charge is 2.27. The Hall–Kier alpha value is -1.52. The van der Waals surface area contributed by atoms with E-state index < -0.39 is 0 Å². The second kappa shape index (κ2) is 4.30. The van der Waals surface area contributed by atoms with Crippen molar-refractivity contribution in [2.75, 3.05) is 5.73 Å². The van der Waals surface area contributed by atoms with Crippen LogP contribution in [0.2, 0.25) is 0 Å². The van der Waals surface area contributed by atoms with Gasteiger partial charge in [0.15, 0.2) is 5.65 Å². The van der Waals surface area contributed by atoms with Crippen molar-refractivity contribution >= 4 is 17.1 Å². The molecule has 2 aromatic rings. The largest absolute Gasteiger partial charge is 0.369 e. The molecule has 0 aliphatic carbocycles. The molecule has 0 fully saturated rings. The molecule has 0 saturated carbocycles. The first-order chi connectivity index (χ1) is 8.42. The summed E-state index contributed by atoms with van der Waals surface area (Å²) in [6.07, 6.45) is 3.06. The van der Waals surface area contributed by atoms with E-state index in [1.165, 1.54) is 0 Å². The molecule has 0 unspecified atom stereocenters. The van der Waals surface area contributed by atoms with E-state index >= 15 is 0 Å². The number of fused-ring (bicyclic) bond motifs is 1. The van der Waals surface area contributed by atoms with Crippen molar-refractivity contribution in [2.24, 2.45) is 7.05 Å². The SMILES string of the molecule is CCCC(C)(C)n1c(N)nc2c(CC)nn(C)c21. The highest BCUT2D eigenvalue weighted by molar-refractivity contribution is 5.78. The second-order valence-electron chi connectivity index (χ2n) is 5.46. The minimum atomic E-state index is -0.0353. The lowest BCUT2D eigenvalue weighted by Gasteiger charge is -2.27. The van der Waals surface area contributed by atoms with Crippen LogP contribution in [0.25, 0.3) is 11.2 Å². The molecule has 0 saturated heterocycles. The maximum Gasteiger partial charge on any atom is 0.203 e. The van der Waals surface area contributed by atoms with Gasteiger partial charge in [-0.05, 0) is 26.7 Å². The highest BCUT2D eigenvalue weighted by Crippen LogP contribution is 2.31. The van der Waals surface area contributed by atoms with Crippen molar-refractivity contribution in [3.63, 3.8) is 0 Å². The van der Waals surface area contributed by atoms with Crippen LogP contribution in [0.4, 0.5) is 5.95 Å². The van der Waals surface area contributed by atoms with Gasteiger partial charge in [0, 0.05) is 12.6 Å².